The Labute approximate surface area is 209 Å². The number of nitrogens with one attached hydrogen (secondary N) is 2. The fourth-order valence-electron chi connectivity index (χ4n) is 4.44. The Hall–Kier alpha value is -3.57. The van der Waals surface area contributed by atoms with Gasteiger partial charge >= 0.3 is 12.4 Å². The lowest BCUT2D eigenvalue weighted by Crippen LogP contribution is -2.40. The standard InChI is InChI=1S/C25H25F6N5O/c1-14-11-15(2)36(35-14)20-9-3-16(4-10-20)23(37)33-18-7-5-17(6-8-18)32-19-12-21(24(26,27)28)34-22(13-19)25(29,30)31/h3-4,9-13,17-18H,5-8H2,1-2H3,(H,32,34)(H,33,37)/t17-,18+. The van der Waals surface area contributed by atoms with Crippen molar-refractivity contribution in [1.82, 2.24) is 20.1 Å². The van der Waals surface area contributed by atoms with E-state index in [1.54, 1.807) is 28.9 Å². The molecule has 6 nitrogen and oxygen atoms in total. The Balaban J connectivity index is 1.34. The van der Waals surface area contributed by atoms with Gasteiger partial charge in [-0.15, -0.1) is 0 Å². The van der Waals surface area contributed by atoms with Gasteiger partial charge in [-0.1, -0.05) is 0 Å². The number of pyridine rings is 1. The number of anilines is 1. The molecule has 1 amide bonds. The van der Waals surface area contributed by atoms with Crippen LogP contribution in [0.4, 0.5) is 32.0 Å². The number of aryl methyl sites for hydroxylation is 2. The number of carbonyl (C=O) groups excluding carboxylic acids is 1. The van der Waals surface area contributed by atoms with Crippen molar-refractivity contribution in [3.05, 3.63) is 70.8 Å². The summed E-state index contributed by atoms with van der Waals surface area (Å²) in [7, 11) is 0. The molecule has 1 fully saturated rings. The van der Waals surface area contributed by atoms with Crippen molar-refractivity contribution in [2.75, 3.05) is 5.32 Å². The van der Waals surface area contributed by atoms with Crippen LogP contribution in [0.25, 0.3) is 5.69 Å². The van der Waals surface area contributed by atoms with Crippen LogP contribution in [-0.4, -0.2) is 32.8 Å². The van der Waals surface area contributed by atoms with Crippen LogP contribution < -0.4 is 10.6 Å². The van der Waals surface area contributed by atoms with Gasteiger partial charge in [0.2, 0.25) is 0 Å². The van der Waals surface area contributed by atoms with Gasteiger partial charge in [-0.3, -0.25) is 4.79 Å². The highest BCUT2D eigenvalue weighted by Gasteiger charge is 2.39. The first-order valence-electron chi connectivity index (χ1n) is 11.7. The lowest BCUT2D eigenvalue weighted by atomic mass is 9.90. The number of hydrogen-bond acceptors (Lipinski definition) is 4. The van der Waals surface area contributed by atoms with Crippen LogP contribution in [0.1, 0.15) is 58.8 Å². The van der Waals surface area contributed by atoms with Crippen molar-refractivity contribution in [1.29, 1.82) is 0 Å². The largest absolute Gasteiger partial charge is 0.433 e. The molecule has 2 aromatic heterocycles. The minimum absolute atomic E-state index is 0.157. The van der Waals surface area contributed by atoms with Gasteiger partial charge in [0.1, 0.15) is 11.4 Å². The molecule has 3 aromatic rings. The SMILES string of the molecule is Cc1cc(C)n(-c2ccc(C(=O)N[C@H]3CC[C@@H](Nc4cc(C(F)(F)F)nc(C(F)(F)F)c4)CC3)cc2)n1. The van der Waals surface area contributed by atoms with E-state index < -0.39 is 23.7 Å². The molecule has 12 heteroatoms. The third-order valence-corrected chi connectivity index (χ3v) is 6.22. The van der Waals surface area contributed by atoms with Crippen molar-refractivity contribution in [3.63, 3.8) is 0 Å². The minimum atomic E-state index is -5.01. The fraction of sp³-hybridized carbons (Fsp3) is 0.400. The first-order chi connectivity index (χ1) is 17.3. The average Bonchev–Trinajstić information content (AvgIpc) is 3.17. The first kappa shape index (κ1) is 26.5. The van der Waals surface area contributed by atoms with Crippen molar-refractivity contribution < 1.29 is 31.1 Å². The molecule has 37 heavy (non-hydrogen) atoms. The van der Waals surface area contributed by atoms with Crippen LogP contribution in [0.2, 0.25) is 0 Å². The molecule has 0 unspecified atom stereocenters. The van der Waals surface area contributed by atoms with E-state index in [1.807, 2.05) is 19.9 Å². The van der Waals surface area contributed by atoms with E-state index in [-0.39, 0.29) is 23.7 Å². The minimum Gasteiger partial charge on any atom is -0.382 e. The third-order valence-electron chi connectivity index (χ3n) is 6.22. The number of amides is 1. The summed E-state index contributed by atoms with van der Waals surface area (Å²) in [6.45, 7) is 3.83. The Bertz CT molecular complexity index is 1230. The molecule has 4 rings (SSSR count). The van der Waals surface area contributed by atoms with Crippen molar-refractivity contribution in [2.45, 2.75) is 64.0 Å². The number of carbonyl (C=O) groups is 1. The van der Waals surface area contributed by atoms with Crippen LogP contribution in [-0.2, 0) is 12.4 Å². The summed E-state index contributed by atoms with van der Waals surface area (Å²) in [5.41, 5.74) is -0.339. The Morgan fingerprint density at radius 3 is 1.89 bits per heavy atom. The van der Waals surface area contributed by atoms with Gasteiger partial charge in [0.15, 0.2) is 0 Å². The quantitative estimate of drug-likeness (QED) is 0.397. The fourth-order valence-corrected chi connectivity index (χ4v) is 4.44. The maximum atomic E-state index is 13.1. The van der Waals surface area contributed by atoms with Crippen molar-refractivity contribution in [2.24, 2.45) is 0 Å². The smallest absolute Gasteiger partial charge is 0.382 e. The molecule has 2 N–H and O–H groups in total. The summed E-state index contributed by atoms with van der Waals surface area (Å²) in [6.07, 6.45) is -8.03. The topological polar surface area (TPSA) is 71.8 Å². The molecular formula is C25H25F6N5O. The van der Waals surface area contributed by atoms with Gasteiger partial charge in [-0.2, -0.15) is 31.4 Å². The second-order valence-electron chi connectivity index (χ2n) is 9.17. The van der Waals surface area contributed by atoms with Crippen LogP contribution >= 0.6 is 0 Å². The first-order valence-corrected chi connectivity index (χ1v) is 11.7. The predicted octanol–water partition coefficient (Wildman–Crippen LogP) is 6.07. The number of nitrogens with zero attached hydrogens (tertiary/aromatic N) is 3. The highest BCUT2D eigenvalue weighted by atomic mass is 19.4. The zero-order valence-corrected chi connectivity index (χ0v) is 20.0. The Kier molecular flexibility index (Phi) is 7.20. The highest BCUT2D eigenvalue weighted by Crippen LogP contribution is 2.35. The average molecular weight is 525 g/mol. The molecule has 1 saturated carbocycles. The normalized spacial score (nSPS) is 18.5. The summed E-state index contributed by atoms with van der Waals surface area (Å²) in [6, 6.07) is 9.63. The summed E-state index contributed by atoms with van der Waals surface area (Å²) < 4.78 is 80.1. The van der Waals surface area contributed by atoms with E-state index in [9.17, 15) is 31.1 Å². The molecule has 0 aliphatic heterocycles. The summed E-state index contributed by atoms with van der Waals surface area (Å²) in [5, 5.41) is 10.1. The summed E-state index contributed by atoms with van der Waals surface area (Å²) >= 11 is 0. The van der Waals surface area contributed by atoms with E-state index in [1.165, 1.54) is 0 Å². The summed E-state index contributed by atoms with van der Waals surface area (Å²) in [4.78, 5) is 15.4. The number of benzene rings is 1. The predicted molar refractivity (Wildman–Crippen MR) is 124 cm³/mol. The molecular weight excluding hydrogens is 500 g/mol. The molecule has 0 saturated heterocycles. The molecule has 0 spiro atoms. The van der Waals surface area contributed by atoms with E-state index >= 15 is 0 Å². The Morgan fingerprint density at radius 2 is 1.41 bits per heavy atom. The number of halogens is 6. The molecule has 1 aliphatic rings. The van der Waals surface area contributed by atoms with Gasteiger partial charge in [0.25, 0.3) is 5.91 Å². The van der Waals surface area contributed by atoms with Gasteiger partial charge in [-0.25, -0.2) is 9.67 Å². The third kappa shape index (κ3) is 6.41. The lowest BCUT2D eigenvalue weighted by molar-refractivity contribution is -0.150. The second-order valence-corrected chi connectivity index (χ2v) is 9.17. The van der Waals surface area contributed by atoms with Crippen LogP contribution in [0.5, 0.6) is 0 Å². The molecule has 0 bridgehead atoms. The van der Waals surface area contributed by atoms with Gasteiger partial charge < -0.3 is 10.6 Å². The van der Waals surface area contributed by atoms with E-state index in [0.29, 0.717) is 43.4 Å². The monoisotopic (exact) mass is 525 g/mol. The number of alkyl halides is 6. The molecule has 1 aliphatic carbocycles. The van der Waals surface area contributed by atoms with E-state index in [2.05, 4.69) is 20.7 Å². The van der Waals surface area contributed by atoms with Crippen LogP contribution in [0, 0.1) is 13.8 Å². The van der Waals surface area contributed by atoms with Crippen molar-refractivity contribution in [3.8, 4) is 5.69 Å². The molecule has 2 heterocycles. The van der Waals surface area contributed by atoms with Crippen LogP contribution in [0.15, 0.2) is 42.5 Å². The number of aromatic nitrogens is 3. The summed E-state index contributed by atoms with van der Waals surface area (Å²) in [5.74, 6) is -0.255. The van der Waals surface area contributed by atoms with Gasteiger partial charge in [0.05, 0.1) is 11.4 Å². The zero-order chi connectivity index (χ0) is 27.0. The van der Waals surface area contributed by atoms with Crippen LogP contribution in [0.3, 0.4) is 0 Å². The highest BCUT2D eigenvalue weighted by molar-refractivity contribution is 5.94. The lowest BCUT2D eigenvalue weighted by Gasteiger charge is -2.30. The Morgan fingerprint density at radius 1 is 0.865 bits per heavy atom. The number of rotatable bonds is 5. The maximum absolute atomic E-state index is 13.1. The van der Waals surface area contributed by atoms with Gasteiger partial charge in [0, 0.05) is 29.0 Å². The molecule has 198 valence electrons. The van der Waals surface area contributed by atoms with E-state index in [4.69, 9.17) is 0 Å². The molecule has 0 radical (unpaired) electrons. The van der Waals surface area contributed by atoms with E-state index in [0.717, 1.165) is 17.1 Å². The molecule has 0 atom stereocenters. The molecule has 1 aromatic carbocycles. The zero-order valence-electron chi connectivity index (χ0n) is 20.0. The van der Waals surface area contributed by atoms with Crippen molar-refractivity contribution >= 4 is 11.6 Å². The van der Waals surface area contributed by atoms with Gasteiger partial charge in [-0.05, 0) is 82.0 Å². The second kappa shape index (κ2) is 10.1. The number of hydrogen-bond donors (Lipinski definition) is 2. The maximum Gasteiger partial charge on any atom is 0.433 e.